The van der Waals surface area contributed by atoms with Crippen LogP contribution in [0.2, 0.25) is 0 Å². The Morgan fingerprint density at radius 3 is 2.56 bits per heavy atom. The molecule has 0 aromatic carbocycles. The van der Waals surface area contributed by atoms with Crippen LogP contribution in [0.3, 0.4) is 0 Å². The van der Waals surface area contributed by atoms with Crippen molar-refractivity contribution in [2.75, 3.05) is 6.67 Å². The number of hydrogen-bond acceptors (Lipinski definition) is 6. The fourth-order valence-electron chi connectivity index (χ4n) is 0.709. The van der Waals surface area contributed by atoms with Crippen LogP contribution in [0.5, 0.6) is 0 Å². The third-order valence-electron chi connectivity index (χ3n) is 1.24. The smallest absolute Gasteiger partial charge is 0.236 e. The van der Waals surface area contributed by atoms with Gasteiger partial charge in [-0.2, -0.15) is 0 Å². The van der Waals surface area contributed by atoms with E-state index < -0.39 is 17.7 Å². The zero-order valence-electron chi connectivity index (χ0n) is 8.00. The molecule has 77 valence electrons. The van der Waals surface area contributed by atoms with E-state index in [9.17, 15) is 10.1 Å². The molecule has 0 spiro atoms. The van der Waals surface area contributed by atoms with Crippen LogP contribution >= 0.6 is 0 Å². The summed E-state index contributed by atoms with van der Waals surface area (Å²) >= 11 is 0. The second kappa shape index (κ2) is 6.61. The van der Waals surface area contributed by atoms with Crippen molar-refractivity contribution in [3.05, 3.63) is 31.0 Å². The number of rotatable bonds is 1. The molecule has 1 rings (SSSR count). The summed E-state index contributed by atoms with van der Waals surface area (Å²) in [6.07, 6.45) is 0. The van der Waals surface area contributed by atoms with E-state index in [2.05, 4.69) is 30.0 Å². The van der Waals surface area contributed by atoms with Crippen LogP contribution in [0.1, 0.15) is 0 Å². The fourth-order valence-corrected chi connectivity index (χ4v) is 0.709. The number of nitrogens with zero attached hydrogens (tertiary/aromatic N) is 10. The number of hydrogen-bond donors (Lipinski definition) is 0. The van der Waals surface area contributed by atoms with E-state index >= 15 is 0 Å². The Morgan fingerprint density at radius 2 is 2.06 bits per heavy atom. The first kappa shape index (κ1) is 14.2. The predicted octanol–water partition coefficient (Wildman–Crippen LogP) is 0.403. The van der Waals surface area contributed by atoms with Gasteiger partial charge in [-0.3, -0.25) is 0 Å². The van der Waals surface area contributed by atoms with Gasteiger partial charge in [0.05, 0.1) is 0 Å². The molecule has 1 radical (unpaired) electrons. The molecular weight excluding hydrogens is 231 g/mol. The average Bonchev–Trinajstić information content (AvgIpc) is 2.18. The quantitative estimate of drug-likeness (QED) is 0.160. The molecule has 0 amide bonds. The first-order valence-electron chi connectivity index (χ1n) is 3.34. The Hall–Kier alpha value is -1.84. The number of guanidine groups is 2. The van der Waals surface area contributed by atoms with Crippen molar-refractivity contribution in [1.29, 1.82) is 0 Å². The first-order chi connectivity index (χ1) is 7.19. The van der Waals surface area contributed by atoms with E-state index in [1.807, 2.05) is 0 Å². The summed E-state index contributed by atoms with van der Waals surface area (Å²) in [5.41, 5.74) is 16.2. The van der Waals surface area contributed by atoms with E-state index in [4.69, 9.17) is 11.1 Å². The Kier molecular flexibility index (Phi) is 5.85. The second-order valence-corrected chi connectivity index (χ2v) is 2.03. The van der Waals surface area contributed by atoms with Gasteiger partial charge >= 0.3 is 0 Å². The van der Waals surface area contributed by atoms with Crippen LogP contribution in [0.4, 0.5) is 0 Å². The van der Waals surface area contributed by atoms with E-state index in [-0.39, 0.29) is 35.5 Å². The summed E-state index contributed by atoms with van der Waals surface area (Å²) in [6.45, 7) is -0.431. The van der Waals surface area contributed by atoms with E-state index in [0.29, 0.717) is 5.01 Å². The first-order valence-corrected chi connectivity index (χ1v) is 3.34. The minimum absolute atomic E-state index is 0. The minimum atomic E-state index is -0.843. The van der Waals surface area contributed by atoms with Crippen LogP contribution in [-0.4, -0.2) is 58.2 Å². The second-order valence-electron chi connectivity index (χ2n) is 2.03. The monoisotopic (exact) mass is 233 g/mol. The molecule has 0 saturated heterocycles. The van der Waals surface area contributed by atoms with Crippen LogP contribution in [-0.2, 0) is 0 Å². The topological polar surface area (TPSA) is 169 Å². The molecule has 1 aliphatic rings. The predicted molar refractivity (Wildman–Crippen MR) is 52.6 cm³/mol. The van der Waals surface area contributed by atoms with Gasteiger partial charge < -0.3 is 0 Å². The van der Waals surface area contributed by atoms with E-state index in [0.717, 1.165) is 0 Å². The zero-order valence-corrected chi connectivity index (χ0v) is 10.00. The maximum Gasteiger partial charge on any atom is 0.261 e. The van der Waals surface area contributed by atoms with Gasteiger partial charge in [0.25, 0.3) is 5.96 Å². The molecule has 1 heterocycles. The summed E-state index contributed by atoms with van der Waals surface area (Å²) < 4.78 is 0. The van der Waals surface area contributed by atoms with Crippen molar-refractivity contribution in [2.45, 2.75) is 0 Å². The van der Waals surface area contributed by atoms with Crippen molar-refractivity contribution in [1.82, 2.24) is 5.01 Å². The normalized spacial score (nSPS) is 13.4. The molecule has 0 fully saturated rings. The molecule has 12 nitrogen and oxygen atoms in total. The van der Waals surface area contributed by atoms with Crippen molar-refractivity contribution >= 4 is 41.5 Å². The number of hydrazine groups is 1. The number of aliphatic imine (C=N–C) groups is 2. The standard InChI is InChI=1S/C3H2N10O2.Na/c4-10-8-2-6-1-12(13(14)15)3(7-2)9-11-5;/h1H2;. The van der Waals surface area contributed by atoms with Crippen LogP contribution in [0.25, 0.3) is 20.9 Å². The zero-order chi connectivity index (χ0) is 11.3. The van der Waals surface area contributed by atoms with Crippen LogP contribution in [0, 0.1) is 10.1 Å². The maximum atomic E-state index is 10.4. The van der Waals surface area contributed by atoms with Crippen molar-refractivity contribution in [3.8, 4) is 0 Å². The molecular formula is C3H2N10NaO2. The molecule has 0 aromatic rings. The van der Waals surface area contributed by atoms with Crippen molar-refractivity contribution in [3.63, 3.8) is 0 Å². The van der Waals surface area contributed by atoms with Crippen LogP contribution < -0.4 is 0 Å². The van der Waals surface area contributed by atoms with Gasteiger partial charge in [-0.25, -0.2) is 20.1 Å². The van der Waals surface area contributed by atoms with Gasteiger partial charge in [0, 0.05) is 39.4 Å². The fraction of sp³-hybridized carbons (Fsp3) is 0.333. The van der Waals surface area contributed by atoms with E-state index in [1.165, 1.54) is 0 Å². The Labute approximate surface area is 109 Å². The summed E-state index contributed by atoms with van der Waals surface area (Å²) in [7, 11) is 0. The third-order valence-corrected chi connectivity index (χ3v) is 1.24. The molecule has 0 aromatic heterocycles. The maximum absolute atomic E-state index is 10.4. The largest absolute Gasteiger partial charge is 0.261 e. The van der Waals surface area contributed by atoms with Gasteiger partial charge in [-0.1, -0.05) is 5.01 Å². The van der Waals surface area contributed by atoms with Gasteiger partial charge in [0.15, 0.2) is 11.7 Å². The molecule has 0 saturated carbocycles. The van der Waals surface area contributed by atoms with Gasteiger partial charge in [0.1, 0.15) is 0 Å². The molecule has 0 unspecified atom stereocenters. The SMILES string of the molecule is [N-]=[N+]=NC1=NCN([N+](=O)[O-])C(N=[N+]=[N-])=N1.[Na]. The molecule has 0 atom stereocenters. The Morgan fingerprint density at radius 1 is 1.44 bits per heavy atom. The third kappa shape index (κ3) is 3.38. The molecule has 16 heavy (non-hydrogen) atoms. The Balaban J connectivity index is 0.00000225. The Bertz CT molecular complexity index is 441. The van der Waals surface area contributed by atoms with Gasteiger partial charge in [0.2, 0.25) is 5.96 Å². The van der Waals surface area contributed by atoms with Crippen molar-refractivity contribution < 1.29 is 5.03 Å². The molecule has 0 aliphatic carbocycles. The van der Waals surface area contributed by atoms with Crippen LogP contribution in [0.15, 0.2) is 20.2 Å². The summed E-state index contributed by atoms with van der Waals surface area (Å²) in [4.78, 5) is 22.0. The van der Waals surface area contributed by atoms with Gasteiger partial charge in [-0.05, 0) is 21.3 Å². The molecule has 1 aliphatic heterocycles. The molecule has 0 bridgehead atoms. The number of azide groups is 2. The minimum Gasteiger partial charge on any atom is -0.236 e. The molecule has 13 heteroatoms. The number of nitro groups is 1. The summed E-state index contributed by atoms with van der Waals surface area (Å²) in [5.74, 6) is -0.849. The average molecular weight is 233 g/mol. The summed E-state index contributed by atoms with van der Waals surface area (Å²) in [6, 6.07) is 0. The van der Waals surface area contributed by atoms with Crippen molar-refractivity contribution in [2.24, 2.45) is 20.2 Å². The summed E-state index contributed by atoms with van der Waals surface area (Å²) in [5, 5.41) is 16.0. The molecule has 0 N–H and O–H groups in total. The van der Waals surface area contributed by atoms with E-state index in [1.54, 1.807) is 0 Å². The van der Waals surface area contributed by atoms with Gasteiger partial charge in [-0.15, -0.1) is 0 Å².